The third-order valence-corrected chi connectivity index (χ3v) is 5.49. The van der Waals surface area contributed by atoms with Gasteiger partial charge < -0.3 is 15.5 Å². The molecule has 0 bridgehead atoms. The van der Waals surface area contributed by atoms with Crippen molar-refractivity contribution in [2.75, 3.05) is 18.4 Å². The molecule has 2 aromatic carbocycles. The maximum absolute atomic E-state index is 12.7. The first-order valence-corrected chi connectivity index (χ1v) is 9.10. The Hall–Kier alpha value is -2.53. The first kappa shape index (κ1) is 16.9. The molecule has 2 aliphatic rings. The van der Waals surface area contributed by atoms with Gasteiger partial charge in [0, 0.05) is 31.5 Å². The van der Waals surface area contributed by atoms with Gasteiger partial charge in [0.15, 0.2) is 0 Å². The largest absolute Gasteiger partial charge is 0.361 e. The number of hydrogen-bond donors (Lipinski definition) is 2. The SMILES string of the molecule is Cc1ccc(C(=O)N2CCC3(CC2)NC(=O)c2cccc(Cl)c2N3)cc1. The predicted octanol–water partition coefficient (Wildman–Crippen LogP) is 3.44. The van der Waals surface area contributed by atoms with Crippen molar-refractivity contribution >= 4 is 29.1 Å². The Morgan fingerprint density at radius 2 is 1.77 bits per heavy atom. The van der Waals surface area contributed by atoms with Crippen molar-refractivity contribution in [1.82, 2.24) is 10.2 Å². The zero-order valence-corrected chi connectivity index (χ0v) is 15.3. The molecule has 2 aliphatic heterocycles. The van der Waals surface area contributed by atoms with Gasteiger partial charge >= 0.3 is 0 Å². The number of fused-ring (bicyclic) bond motifs is 1. The van der Waals surface area contributed by atoms with E-state index in [2.05, 4.69) is 10.6 Å². The summed E-state index contributed by atoms with van der Waals surface area (Å²) in [6.07, 6.45) is 1.25. The quantitative estimate of drug-likeness (QED) is 0.809. The summed E-state index contributed by atoms with van der Waals surface area (Å²) >= 11 is 6.27. The molecular weight excluding hydrogens is 350 g/mol. The number of nitrogens with zero attached hydrogens (tertiary/aromatic N) is 1. The zero-order valence-electron chi connectivity index (χ0n) is 14.5. The van der Waals surface area contributed by atoms with Crippen molar-refractivity contribution in [2.45, 2.75) is 25.4 Å². The second kappa shape index (κ2) is 6.32. The fraction of sp³-hybridized carbons (Fsp3) is 0.300. The summed E-state index contributed by atoms with van der Waals surface area (Å²) in [6, 6.07) is 12.9. The topological polar surface area (TPSA) is 61.4 Å². The lowest BCUT2D eigenvalue weighted by atomic mass is 9.92. The first-order chi connectivity index (χ1) is 12.5. The highest BCUT2D eigenvalue weighted by atomic mass is 35.5. The highest BCUT2D eigenvalue weighted by Gasteiger charge is 2.41. The molecular formula is C20H20ClN3O2. The number of para-hydroxylation sites is 1. The van der Waals surface area contributed by atoms with E-state index in [9.17, 15) is 9.59 Å². The lowest BCUT2D eigenvalue weighted by Crippen LogP contribution is -2.62. The minimum absolute atomic E-state index is 0.0282. The molecule has 26 heavy (non-hydrogen) atoms. The predicted molar refractivity (Wildman–Crippen MR) is 102 cm³/mol. The van der Waals surface area contributed by atoms with Crippen LogP contribution >= 0.6 is 11.6 Å². The van der Waals surface area contributed by atoms with E-state index in [1.807, 2.05) is 36.1 Å². The average Bonchev–Trinajstić information content (AvgIpc) is 2.64. The summed E-state index contributed by atoms with van der Waals surface area (Å²) in [4.78, 5) is 27.0. The second-order valence-electron chi connectivity index (χ2n) is 6.98. The van der Waals surface area contributed by atoms with Gasteiger partial charge in [-0.25, -0.2) is 0 Å². The summed E-state index contributed by atoms with van der Waals surface area (Å²) in [6.45, 7) is 3.14. The van der Waals surface area contributed by atoms with Gasteiger partial charge in [0.05, 0.1) is 16.3 Å². The lowest BCUT2D eigenvalue weighted by molar-refractivity contribution is 0.0639. The molecule has 2 N–H and O–H groups in total. The van der Waals surface area contributed by atoms with Gasteiger partial charge in [0.2, 0.25) is 0 Å². The van der Waals surface area contributed by atoms with Gasteiger partial charge in [-0.05, 0) is 31.2 Å². The van der Waals surface area contributed by atoms with Crippen molar-refractivity contribution < 1.29 is 9.59 Å². The minimum atomic E-state index is -0.556. The number of benzene rings is 2. The molecule has 0 radical (unpaired) electrons. The van der Waals surface area contributed by atoms with Crippen LogP contribution in [0.15, 0.2) is 42.5 Å². The monoisotopic (exact) mass is 369 g/mol. The van der Waals surface area contributed by atoms with Gasteiger partial charge in [-0.15, -0.1) is 0 Å². The molecule has 2 aromatic rings. The van der Waals surface area contributed by atoms with Crippen LogP contribution < -0.4 is 10.6 Å². The Labute approximate surface area is 157 Å². The van der Waals surface area contributed by atoms with E-state index in [4.69, 9.17) is 11.6 Å². The summed E-state index contributed by atoms with van der Waals surface area (Å²) in [7, 11) is 0. The normalized spacial score (nSPS) is 18.1. The number of anilines is 1. The van der Waals surface area contributed by atoms with Crippen LogP contribution in [0, 0.1) is 6.92 Å². The van der Waals surface area contributed by atoms with E-state index in [1.54, 1.807) is 18.2 Å². The van der Waals surface area contributed by atoms with Crippen LogP contribution in [-0.4, -0.2) is 35.5 Å². The number of carbonyl (C=O) groups excluding carboxylic acids is 2. The molecule has 0 saturated carbocycles. The van der Waals surface area contributed by atoms with Gasteiger partial charge in [0.25, 0.3) is 11.8 Å². The molecule has 1 saturated heterocycles. The molecule has 1 spiro atoms. The van der Waals surface area contributed by atoms with Crippen molar-refractivity contribution in [3.63, 3.8) is 0 Å². The smallest absolute Gasteiger partial charge is 0.255 e. The van der Waals surface area contributed by atoms with Crippen LogP contribution in [0.1, 0.15) is 39.1 Å². The third-order valence-electron chi connectivity index (χ3n) is 5.18. The molecule has 5 nitrogen and oxygen atoms in total. The van der Waals surface area contributed by atoms with Gasteiger partial charge in [-0.2, -0.15) is 0 Å². The maximum atomic E-state index is 12.7. The molecule has 1 fully saturated rings. The minimum Gasteiger partial charge on any atom is -0.361 e. The Kier molecular flexibility index (Phi) is 4.11. The standard InChI is InChI=1S/C20H20ClN3O2/c1-13-5-7-14(8-6-13)19(26)24-11-9-20(10-12-24)22-17-15(18(25)23-20)3-2-4-16(17)21/h2-8,22H,9-12H2,1H3,(H,23,25). The molecule has 0 atom stereocenters. The second-order valence-corrected chi connectivity index (χ2v) is 7.39. The highest BCUT2D eigenvalue weighted by molar-refractivity contribution is 6.34. The number of nitrogens with one attached hydrogen (secondary N) is 2. The number of halogens is 1. The number of piperidine rings is 1. The molecule has 6 heteroatoms. The maximum Gasteiger partial charge on any atom is 0.255 e. The average molecular weight is 370 g/mol. The lowest BCUT2D eigenvalue weighted by Gasteiger charge is -2.46. The van der Waals surface area contributed by atoms with Gasteiger partial charge in [0.1, 0.15) is 5.66 Å². The molecule has 134 valence electrons. The van der Waals surface area contributed by atoms with Crippen LogP contribution in [0.4, 0.5) is 5.69 Å². The van der Waals surface area contributed by atoms with Crippen LogP contribution in [0.2, 0.25) is 5.02 Å². The third kappa shape index (κ3) is 2.92. The zero-order chi connectivity index (χ0) is 18.3. The Bertz CT molecular complexity index is 871. The number of likely N-dealkylation sites (tertiary alicyclic amines) is 1. The molecule has 2 amide bonds. The van der Waals surface area contributed by atoms with Crippen molar-refractivity contribution in [2.24, 2.45) is 0 Å². The van der Waals surface area contributed by atoms with E-state index in [0.29, 0.717) is 47.8 Å². The van der Waals surface area contributed by atoms with Crippen molar-refractivity contribution in [3.8, 4) is 0 Å². The van der Waals surface area contributed by atoms with Crippen LogP contribution in [-0.2, 0) is 0 Å². The number of hydrogen-bond acceptors (Lipinski definition) is 3. The summed E-state index contributed by atoms with van der Waals surface area (Å²) < 4.78 is 0. The molecule has 0 unspecified atom stereocenters. The fourth-order valence-electron chi connectivity index (χ4n) is 3.62. The molecule has 2 heterocycles. The first-order valence-electron chi connectivity index (χ1n) is 8.73. The summed E-state index contributed by atoms with van der Waals surface area (Å²) in [5.41, 5.74) is 2.50. The van der Waals surface area contributed by atoms with Crippen LogP contribution in [0.3, 0.4) is 0 Å². The highest BCUT2D eigenvalue weighted by Crippen LogP contribution is 2.35. The molecule has 0 aliphatic carbocycles. The number of carbonyl (C=O) groups is 2. The van der Waals surface area contributed by atoms with E-state index in [1.165, 1.54) is 0 Å². The van der Waals surface area contributed by atoms with E-state index >= 15 is 0 Å². The van der Waals surface area contributed by atoms with E-state index in [0.717, 1.165) is 5.56 Å². The van der Waals surface area contributed by atoms with Crippen LogP contribution in [0.25, 0.3) is 0 Å². The number of aryl methyl sites for hydroxylation is 1. The molecule has 4 rings (SSSR count). The summed E-state index contributed by atoms with van der Waals surface area (Å²) in [5.74, 6) is -0.0972. The van der Waals surface area contributed by atoms with Gasteiger partial charge in [-0.1, -0.05) is 35.4 Å². The Balaban J connectivity index is 1.50. The van der Waals surface area contributed by atoms with E-state index in [-0.39, 0.29) is 11.8 Å². The number of amides is 2. The Morgan fingerprint density at radius 1 is 1.08 bits per heavy atom. The number of rotatable bonds is 1. The van der Waals surface area contributed by atoms with Crippen molar-refractivity contribution in [1.29, 1.82) is 0 Å². The Morgan fingerprint density at radius 3 is 2.46 bits per heavy atom. The van der Waals surface area contributed by atoms with Gasteiger partial charge in [-0.3, -0.25) is 9.59 Å². The molecule has 0 aromatic heterocycles. The van der Waals surface area contributed by atoms with E-state index < -0.39 is 5.66 Å². The van der Waals surface area contributed by atoms with Crippen molar-refractivity contribution in [3.05, 3.63) is 64.2 Å². The van der Waals surface area contributed by atoms with Crippen LogP contribution in [0.5, 0.6) is 0 Å². The summed E-state index contributed by atoms with van der Waals surface area (Å²) in [5, 5.41) is 7.03. The fourth-order valence-corrected chi connectivity index (χ4v) is 3.84.